The Morgan fingerprint density at radius 1 is 1.20 bits per heavy atom. The van der Waals surface area contributed by atoms with Gasteiger partial charge in [-0.25, -0.2) is 9.82 Å². The Kier molecular flexibility index (Phi) is 5.04. The first kappa shape index (κ1) is 16.6. The van der Waals surface area contributed by atoms with Gasteiger partial charge in [0.15, 0.2) is 0 Å². The smallest absolute Gasteiger partial charge is 0.244 e. The molecule has 0 unspecified atom stereocenters. The van der Waals surface area contributed by atoms with Crippen LogP contribution in [0.15, 0.2) is 72.5 Å². The zero-order chi connectivity index (χ0) is 17.6. The zero-order valence-electron chi connectivity index (χ0n) is 13.7. The van der Waals surface area contributed by atoms with Gasteiger partial charge in [0.05, 0.1) is 12.6 Å². The van der Waals surface area contributed by atoms with Crippen molar-refractivity contribution >= 4 is 23.0 Å². The molecule has 0 atom stereocenters. The lowest BCUT2D eigenvalue weighted by Gasteiger charge is -2.00. The molecule has 0 aliphatic carbocycles. The minimum Gasteiger partial charge on any atom is -0.343 e. The van der Waals surface area contributed by atoms with E-state index in [1.54, 1.807) is 18.3 Å². The van der Waals surface area contributed by atoms with Gasteiger partial charge in [0.2, 0.25) is 5.91 Å². The van der Waals surface area contributed by atoms with Crippen LogP contribution in [0.1, 0.15) is 11.1 Å². The Labute approximate surface area is 145 Å². The van der Waals surface area contributed by atoms with Crippen LogP contribution in [0.2, 0.25) is 0 Å². The summed E-state index contributed by atoms with van der Waals surface area (Å²) in [6.45, 7) is 4.47. The Balaban J connectivity index is 1.69. The molecule has 4 nitrogen and oxygen atoms in total. The van der Waals surface area contributed by atoms with Gasteiger partial charge in [-0.15, -0.1) is 6.58 Å². The largest absolute Gasteiger partial charge is 0.343 e. The van der Waals surface area contributed by atoms with Crippen molar-refractivity contribution in [2.75, 3.05) is 0 Å². The predicted molar refractivity (Wildman–Crippen MR) is 98.0 cm³/mol. The molecule has 0 aliphatic heterocycles. The summed E-state index contributed by atoms with van der Waals surface area (Å²) in [7, 11) is 0. The molecule has 0 saturated carbocycles. The number of nitrogens with zero attached hydrogens (tertiary/aromatic N) is 2. The normalized spacial score (nSPS) is 11.1. The summed E-state index contributed by atoms with van der Waals surface area (Å²) in [6, 6.07) is 13.8. The SMILES string of the molecule is C=CCn1cc(/C=N/NC(=O)Cc2ccc(F)cc2)c2ccccc21. The van der Waals surface area contributed by atoms with E-state index in [9.17, 15) is 9.18 Å². The Morgan fingerprint density at radius 2 is 1.96 bits per heavy atom. The number of carbonyl (C=O) groups excluding carboxylic acids is 1. The fourth-order valence-corrected chi connectivity index (χ4v) is 2.67. The van der Waals surface area contributed by atoms with Crippen molar-refractivity contribution in [3.8, 4) is 0 Å². The molecule has 0 radical (unpaired) electrons. The summed E-state index contributed by atoms with van der Waals surface area (Å²) in [5, 5.41) is 5.10. The topological polar surface area (TPSA) is 46.4 Å². The van der Waals surface area contributed by atoms with Crippen molar-refractivity contribution in [2.45, 2.75) is 13.0 Å². The molecule has 3 aromatic rings. The van der Waals surface area contributed by atoms with Crippen molar-refractivity contribution in [3.63, 3.8) is 0 Å². The van der Waals surface area contributed by atoms with E-state index in [1.807, 2.05) is 36.5 Å². The highest BCUT2D eigenvalue weighted by atomic mass is 19.1. The number of allylic oxidation sites excluding steroid dienone is 1. The van der Waals surface area contributed by atoms with E-state index in [0.29, 0.717) is 6.54 Å². The molecular formula is C20H18FN3O. The molecule has 0 saturated heterocycles. The molecule has 1 N–H and O–H groups in total. The van der Waals surface area contributed by atoms with Gasteiger partial charge in [-0.2, -0.15) is 5.10 Å². The van der Waals surface area contributed by atoms with E-state index in [-0.39, 0.29) is 18.1 Å². The maximum Gasteiger partial charge on any atom is 0.244 e. The van der Waals surface area contributed by atoms with Crippen LogP contribution in [0.4, 0.5) is 4.39 Å². The third-order valence-corrected chi connectivity index (χ3v) is 3.82. The van der Waals surface area contributed by atoms with Crippen molar-refractivity contribution in [1.29, 1.82) is 0 Å². The lowest BCUT2D eigenvalue weighted by Crippen LogP contribution is -2.19. The second-order valence-corrected chi connectivity index (χ2v) is 5.64. The van der Waals surface area contributed by atoms with Crippen molar-refractivity contribution < 1.29 is 9.18 Å². The van der Waals surface area contributed by atoms with Gasteiger partial charge in [-0.1, -0.05) is 36.4 Å². The van der Waals surface area contributed by atoms with Gasteiger partial charge in [-0.3, -0.25) is 4.79 Å². The molecule has 5 heteroatoms. The fourth-order valence-electron chi connectivity index (χ4n) is 2.67. The third kappa shape index (κ3) is 4.01. The maximum absolute atomic E-state index is 12.9. The van der Waals surface area contributed by atoms with E-state index in [1.165, 1.54) is 12.1 Å². The number of benzene rings is 2. The summed E-state index contributed by atoms with van der Waals surface area (Å²) in [6.07, 6.45) is 5.58. The molecule has 1 aromatic heterocycles. The number of rotatable bonds is 6. The lowest BCUT2D eigenvalue weighted by molar-refractivity contribution is -0.120. The van der Waals surface area contributed by atoms with Crippen LogP contribution >= 0.6 is 0 Å². The van der Waals surface area contributed by atoms with Crippen molar-refractivity contribution in [3.05, 3.63) is 84.3 Å². The second kappa shape index (κ2) is 7.57. The first-order chi connectivity index (χ1) is 12.2. The summed E-state index contributed by atoms with van der Waals surface area (Å²) in [5.74, 6) is -0.573. The van der Waals surface area contributed by atoms with E-state index >= 15 is 0 Å². The van der Waals surface area contributed by atoms with Crippen LogP contribution in [0.25, 0.3) is 10.9 Å². The van der Waals surface area contributed by atoms with Gasteiger partial charge >= 0.3 is 0 Å². The highest BCUT2D eigenvalue weighted by Crippen LogP contribution is 2.19. The number of hydrogen-bond donors (Lipinski definition) is 1. The van der Waals surface area contributed by atoms with Crippen LogP contribution in [0.5, 0.6) is 0 Å². The molecule has 0 fully saturated rings. The van der Waals surface area contributed by atoms with E-state index in [2.05, 4.69) is 21.7 Å². The minimum absolute atomic E-state index is 0.149. The number of amides is 1. The number of para-hydroxylation sites is 1. The average Bonchev–Trinajstić information content (AvgIpc) is 2.96. The van der Waals surface area contributed by atoms with Crippen molar-refractivity contribution in [1.82, 2.24) is 9.99 Å². The Morgan fingerprint density at radius 3 is 2.72 bits per heavy atom. The molecule has 0 spiro atoms. The molecule has 1 amide bonds. The molecule has 126 valence electrons. The fraction of sp³-hybridized carbons (Fsp3) is 0.100. The Bertz CT molecular complexity index is 926. The van der Waals surface area contributed by atoms with E-state index < -0.39 is 0 Å². The van der Waals surface area contributed by atoms with E-state index in [0.717, 1.165) is 22.0 Å². The zero-order valence-corrected chi connectivity index (χ0v) is 13.7. The van der Waals surface area contributed by atoms with Crippen LogP contribution in [0, 0.1) is 5.82 Å². The van der Waals surface area contributed by atoms with Gasteiger partial charge < -0.3 is 4.57 Å². The van der Waals surface area contributed by atoms with Crippen LogP contribution in [-0.2, 0) is 17.8 Å². The van der Waals surface area contributed by atoms with Crippen LogP contribution < -0.4 is 5.43 Å². The molecule has 25 heavy (non-hydrogen) atoms. The number of carbonyl (C=O) groups is 1. The molecule has 0 aliphatic rings. The molecule has 0 bridgehead atoms. The summed E-state index contributed by atoms with van der Waals surface area (Å²) in [5.41, 5.74) is 5.24. The monoisotopic (exact) mass is 335 g/mol. The third-order valence-electron chi connectivity index (χ3n) is 3.82. The van der Waals surface area contributed by atoms with Gasteiger partial charge in [0, 0.05) is 29.2 Å². The molecular weight excluding hydrogens is 317 g/mol. The summed E-state index contributed by atoms with van der Waals surface area (Å²) < 4.78 is 14.9. The number of nitrogens with one attached hydrogen (secondary N) is 1. The Hall–Kier alpha value is -3.21. The highest BCUT2D eigenvalue weighted by Gasteiger charge is 2.06. The summed E-state index contributed by atoms with van der Waals surface area (Å²) in [4.78, 5) is 11.9. The molecule has 2 aromatic carbocycles. The van der Waals surface area contributed by atoms with Crippen LogP contribution in [0.3, 0.4) is 0 Å². The second-order valence-electron chi connectivity index (χ2n) is 5.64. The first-order valence-corrected chi connectivity index (χ1v) is 7.92. The van der Waals surface area contributed by atoms with E-state index in [4.69, 9.17) is 0 Å². The molecule has 1 heterocycles. The standard InChI is InChI=1S/C20H18FN3O/c1-2-11-24-14-16(18-5-3-4-6-19(18)24)13-22-23-20(25)12-15-7-9-17(21)10-8-15/h2-10,13-14H,1,11-12H2,(H,23,25)/b22-13+. The first-order valence-electron chi connectivity index (χ1n) is 7.92. The quantitative estimate of drug-likeness (QED) is 0.417. The number of hydrazone groups is 1. The maximum atomic E-state index is 12.9. The average molecular weight is 335 g/mol. The predicted octanol–water partition coefficient (Wildman–Crippen LogP) is 3.66. The lowest BCUT2D eigenvalue weighted by atomic mass is 10.1. The van der Waals surface area contributed by atoms with Gasteiger partial charge in [0.1, 0.15) is 5.82 Å². The van der Waals surface area contributed by atoms with Gasteiger partial charge in [-0.05, 0) is 23.8 Å². The van der Waals surface area contributed by atoms with Crippen molar-refractivity contribution in [2.24, 2.45) is 5.10 Å². The summed E-state index contributed by atoms with van der Waals surface area (Å²) >= 11 is 0. The number of hydrogen-bond acceptors (Lipinski definition) is 2. The minimum atomic E-state index is -0.321. The number of aromatic nitrogens is 1. The number of halogens is 1. The van der Waals surface area contributed by atoms with Gasteiger partial charge in [0.25, 0.3) is 0 Å². The number of fused-ring (bicyclic) bond motifs is 1. The highest BCUT2D eigenvalue weighted by molar-refractivity contribution is 5.99. The van der Waals surface area contributed by atoms with Crippen LogP contribution in [-0.4, -0.2) is 16.7 Å². The molecule has 3 rings (SSSR count).